The van der Waals surface area contributed by atoms with E-state index in [1.807, 2.05) is 0 Å². The molecular weight excluding hydrogens is 122 g/mol. The summed E-state index contributed by atoms with van der Waals surface area (Å²) < 4.78 is 24.4. The van der Waals surface area contributed by atoms with E-state index in [4.69, 9.17) is 0 Å². The van der Waals surface area contributed by atoms with Gasteiger partial charge in [-0.2, -0.15) is 0 Å². The molecule has 0 unspecified atom stereocenters. The highest BCUT2D eigenvalue weighted by atomic mass is 19.1. The summed E-state index contributed by atoms with van der Waals surface area (Å²) in [5.41, 5.74) is 0. The molecule has 0 aromatic rings. The van der Waals surface area contributed by atoms with Gasteiger partial charge in [-0.3, -0.25) is 0 Å². The van der Waals surface area contributed by atoms with Crippen molar-refractivity contribution in [3.63, 3.8) is 0 Å². The lowest BCUT2D eigenvalue weighted by Crippen LogP contribution is -1.59. The third-order valence-corrected chi connectivity index (χ3v) is 1.03. The van der Waals surface area contributed by atoms with Crippen LogP contribution in [-0.4, -0.2) is 0 Å². The van der Waals surface area contributed by atoms with Crippen LogP contribution < -0.4 is 0 Å². The van der Waals surface area contributed by atoms with Crippen LogP contribution in [0.5, 0.6) is 0 Å². The molecule has 0 saturated heterocycles. The SMILES string of the molecule is FC1=CCC=C(F)C=C1. The average Bonchev–Trinajstić information content (AvgIpc) is 1.97. The zero-order valence-corrected chi connectivity index (χ0v) is 4.77. The van der Waals surface area contributed by atoms with Crippen LogP contribution in [0.1, 0.15) is 6.42 Å². The van der Waals surface area contributed by atoms with Gasteiger partial charge in [-0.25, -0.2) is 8.78 Å². The third-order valence-electron chi connectivity index (χ3n) is 1.03. The van der Waals surface area contributed by atoms with Gasteiger partial charge in [0.25, 0.3) is 0 Å². The molecule has 9 heavy (non-hydrogen) atoms. The van der Waals surface area contributed by atoms with Gasteiger partial charge < -0.3 is 0 Å². The summed E-state index contributed by atoms with van der Waals surface area (Å²) >= 11 is 0. The molecule has 0 amide bonds. The summed E-state index contributed by atoms with van der Waals surface area (Å²) in [5.74, 6) is -0.752. The topological polar surface area (TPSA) is 0 Å². The molecule has 1 aliphatic carbocycles. The van der Waals surface area contributed by atoms with Gasteiger partial charge in [0, 0.05) is 0 Å². The standard InChI is InChI=1S/C7H6F2/c8-6-2-1-3-7(9)5-4-6/h2-5H,1H2. The lowest BCUT2D eigenvalue weighted by Gasteiger charge is -1.77. The zero-order chi connectivity index (χ0) is 6.69. The molecule has 0 nitrogen and oxygen atoms in total. The number of rotatable bonds is 0. The maximum Gasteiger partial charge on any atom is 0.119 e. The minimum Gasteiger partial charge on any atom is -0.207 e. The van der Waals surface area contributed by atoms with Crippen molar-refractivity contribution in [2.45, 2.75) is 6.42 Å². The highest BCUT2D eigenvalue weighted by Crippen LogP contribution is 2.11. The van der Waals surface area contributed by atoms with Gasteiger partial charge in [-0.15, -0.1) is 0 Å². The molecular formula is C7H6F2. The Kier molecular flexibility index (Phi) is 1.78. The van der Waals surface area contributed by atoms with Crippen LogP contribution in [-0.2, 0) is 0 Å². The van der Waals surface area contributed by atoms with Crippen molar-refractivity contribution < 1.29 is 8.78 Å². The minimum atomic E-state index is -0.376. The van der Waals surface area contributed by atoms with Gasteiger partial charge in [0.05, 0.1) is 0 Å². The molecule has 0 aromatic carbocycles. The molecule has 0 aromatic heterocycles. The molecule has 0 fully saturated rings. The molecule has 0 bridgehead atoms. The Balaban J connectivity index is 2.75. The van der Waals surface area contributed by atoms with Crippen LogP contribution in [0.2, 0.25) is 0 Å². The van der Waals surface area contributed by atoms with E-state index in [1.54, 1.807) is 0 Å². The van der Waals surface area contributed by atoms with E-state index in [0.29, 0.717) is 6.42 Å². The molecule has 0 aliphatic heterocycles. The molecule has 0 spiro atoms. The van der Waals surface area contributed by atoms with Crippen molar-refractivity contribution in [3.05, 3.63) is 36.0 Å². The summed E-state index contributed by atoms with van der Waals surface area (Å²) in [4.78, 5) is 0. The molecule has 0 heterocycles. The molecule has 0 atom stereocenters. The Hall–Kier alpha value is -0.920. The van der Waals surface area contributed by atoms with E-state index in [9.17, 15) is 8.78 Å². The Labute approximate surface area is 52.2 Å². The van der Waals surface area contributed by atoms with Crippen LogP contribution in [0.25, 0.3) is 0 Å². The van der Waals surface area contributed by atoms with Crippen molar-refractivity contribution in [1.82, 2.24) is 0 Å². The van der Waals surface area contributed by atoms with Gasteiger partial charge in [-0.1, -0.05) is 0 Å². The first-order valence-electron chi connectivity index (χ1n) is 2.68. The molecule has 48 valence electrons. The summed E-state index contributed by atoms with van der Waals surface area (Å²) in [5, 5.41) is 0. The van der Waals surface area contributed by atoms with Crippen molar-refractivity contribution in [3.8, 4) is 0 Å². The van der Waals surface area contributed by atoms with Crippen molar-refractivity contribution in [1.29, 1.82) is 0 Å². The second kappa shape index (κ2) is 2.58. The van der Waals surface area contributed by atoms with Crippen molar-refractivity contribution in [2.75, 3.05) is 0 Å². The molecule has 2 heteroatoms. The maximum atomic E-state index is 12.2. The molecule has 0 saturated carbocycles. The first kappa shape index (κ1) is 6.20. The molecule has 1 aliphatic rings. The first-order valence-corrected chi connectivity index (χ1v) is 2.68. The second-order valence-electron chi connectivity index (χ2n) is 1.75. The summed E-state index contributed by atoms with van der Waals surface area (Å²) in [7, 11) is 0. The predicted octanol–water partition coefficient (Wildman–Crippen LogP) is 2.65. The van der Waals surface area contributed by atoms with Crippen molar-refractivity contribution >= 4 is 0 Å². The quantitative estimate of drug-likeness (QED) is 0.470. The lowest BCUT2D eigenvalue weighted by molar-refractivity contribution is 0.657. The second-order valence-corrected chi connectivity index (χ2v) is 1.75. The van der Waals surface area contributed by atoms with E-state index < -0.39 is 0 Å². The summed E-state index contributed by atoms with van der Waals surface area (Å²) in [6.07, 6.45) is 5.20. The predicted molar refractivity (Wildman–Crippen MR) is 32.1 cm³/mol. The Morgan fingerprint density at radius 2 is 1.44 bits per heavy atom. The smallest absolute Gasteiger partial charge is 0.119 e. The number of hydrogen-bond donors (Lipinski definition) is 0. The average molecular weight is 128 g/mol. The van der Waals surface area contributed by atoms with E-state index >= 15 is 0 Å². The Morgan fingerprint density at radius 3 is 1.89 bits per heavy atom. The first-order chi connectivity index (χ1) is 4.29. The fraction of sp³-hybridized carbons (Fsp3) is 0.143. The lowest BCUT2D eigenvalue weighted by atomic mass is 10.4. The number of allylic oxidation sites excluding steroid dienone is 6. The molecule has 0 N–H and O–H groups in total. The van der Waals surface area contributed by atoms with Crippen LogP contribution >= 0.6 is 0 Å². The van der Waals surface area contributed by atoms with Crippen LogP contribution in [0.3, 0.4) is 0 Å². The normalized spacial score (nSPS) is 18.4. The summed E-state index contributed by atoms with van der Waals surface area (Å²) in [6, 6.07) is 0. The van der Waals surface area contributed by atoms with Crippen LogP contribution in [0.4, 0.5) is 8.78 Å². The van der Waals surface area contributed by atoms with Gasteiger partial charge in [0.1, 0.15) is 11.7 Å². The van der Waals surface area contributed by atoms with Crippen LogP contribution in [0.15, 0.2) is 36.0 Å². The number of halogens is 2. The van der Waals surface area contributed by atoms with Crippen LogP contribution in [0, 0.1) is 0 Å². The van der Waals surface area contributed by atoms with E-state index in [0.717, 1.165) is 12.2 Å². The van der Waals surface area contributed by atoms with Gasteiger partial charge >= 0.3 is 0 Å². The summed E-state index contributed by atoms with van der Waals surface area (Å²) in [6.45, 7) is 0. The molecule has 1 rings (SSSR count). The number of hydrogen-bond acceptors (Lipinski definition) is 0. The fourth-order valence-corrected chi connectivity index (χ4v) is 0.579. The van der Waals surface area contributed by atoms with Gasteiger partial charge in [-0.05, 0) is 30.7 Å². The Bertz CT molecular complexity index is 167. The fourth-order valence-electron chi connectivity index (χ4n) is 0.579. The maximum absolute atomic E-state index is 12.2. The van der Waals surface area contributed by atoms with Gasteiger partial charge in [0.15, 0.2) is 0 Å². The van der Waals surface area contributed by atoms with E-state index in [1.165, 1.54) is 12.2 Å². The largest absolute Gasteiger partial charge is 0.207 e. The van der Waals surface area contributed by atoms with Crippen molar-refractivity contribution in [2.24, 2.45) is 0 Å². The Morgan fingerprint density at radius 1 is 1.00 bits per heavy atom. The van der Waals surface area contributed by atoms with E-state index in [2.05, 4.69) is 0 Å². The molecule has 0 radical (unpaired) electrons. The monoisotopic (exact) mass is 128 g/mol. The highest BCUT2D eigenvalue weighted by Gasteiger charge is 1.93. The minimum absolute atomic E-state index is 0.338. The van der Waals surface area contributed by atoms with E-state index in [-0.39, 0.29) is 11.7 Å². The highest BCUT2D eigenvalue weighted by molar-refractivity contribution is 5.24. The zero-order valence-electron chi connectivity index (χ0n) is 4.77. The third kappa shape index (κ3) is 1.80. The van der Waals surface area contributed by atoms with Gasteiger partial charge in [0.2, 0.25) is 0 Å².